The van der Waals surface area contributed by atoms with E-state index in [0.29, 0.717) is 0 Å². The van der Waals surface area contributed by atoms with Gasteiger partial charge in [-0.15, -0.1) is 17.9 Å². The minimum atomic E-state index is 0. The highest BCUT2D eigenvalue weighted by molar-refractivity contribution is 6.09. The highest BCUT2D eigenvalue weighted by atomic mass is 27.0. The van der Waals surface area contributed by atoms with Crippen molar-refractivity contribution in [1.29, 1.82) is 0 Å². The van der Waals surface area contributed by atoms with Crippen LogP contribution < -0.4 is 0 Å². The molecule has 0 unspecified atom stereocenters. The van der Waals surface area contributed by atoms with Gasteiger partial charge in [0.15, 0.2) is 0 Å². The molecule has 0 saturated carbocycles. The summed E-state index contributed by atoms with van der Waals surface area (Å²) in [6.45, 7) is 3.46. The Hall–Kier alpha value is 0.132. The fraction of sp³-hybridized carbons (Fsp3) is 0.333. The molecule has 0 saturated heterocycles. The molecule has 0 heterocycles. The number of allylic oxidation sites excluding steroid dienone is 1. The Bertz CT molecular complexity index is 22.8. The maximum atomic E-state index is 3.46. The SMILES string of the molecule is C=C[CH2][Al].F.F. The first-order valence-electron chi connectivity index (χ1n) is 1.22. The summed E-state index contributed by atoms with van der Waals surface area (Å²) in [6, 6.07) is 0. The van der Waals surface area contributed by atoms with Crippen LogP contribution in [-0.4, -0.2) is 16.3 Å². The quantitative estimate of drug-likeness (QED) is 0.348. The van der Waals surface area contributed by atoms with Crippen molar-refractivity contribution in [2.45, 2.75) is 5.28 Å². The molecule has 0 spiro atoms. The normalized spacial score (nSPS) is 4.00. The molecule has 0 N–H and O–H groups in total. The molecule has 0 aromatic heterocycles. The molecular formula is C3H7AlF2. The lowest BCUT2D eigenvalue weighted by atomic mass is 10.8. The van der Waals surface area contributed by atoms with Gasteiger partial charge in [0.25, 0.3) is 0 Å². The second kappa shape index (κ2) is 19.3. The summed E-state index contributed by atoms with van der Waals surface area (Å²) < 4.78 is 0. The van der Waals surface area contributed by atoms with Crippen LogP contribution in [0.3, 0.4) is 0 Å². The van der Waals surface area contributed by atoms with E-state index in [1.165, 1.54) is 0 Å². The van der Waals surface area contributed by atoms with E-state index in [-0.39, 0.29) is 9.41 Å². The first-order valence-corrected chi connectivity index (χ1v) is 2.04. The molecule has 0 aliphatic rings. The van der Waals surface area contributed by atoms with Gasteiger partial charge < -0.3 is 0 Å². The van der Waals surface area contributed by atoms with Crippen molar-refractivity contribution in [2.24, 2.45) is 0 Å². The van der Waals surface area contributed by atoms with Crippen LogP contribution in [0.25, 0.3) is 0 Å². The van der Waals surface area contributed by atoms with Gasteiger partial charge in [-0.1, -0.05) is 0 Å². The molecule has 0 atom stereocenters. The van der Waals surface area contributed by atoms with Crippen molar-refractivity contribution in [1.82, 2.24) is 0 Å². The molecule has 0 rings (SSSR count). The second-order valence-electron chi connectivity index (χ2n) is 0.524. The first kappa shape index (κ1) is 16.5. The Labute approximate surface area is 44.4 Å². The summed E-state index contributed by atoms with van der Waals surface area (Å²) in [4.78, 5) is 0. The van der Waals surface area contributed by atoms with Crippen molar-refractivity contribution < 1.29 is 9.41 Å². The highest BCUT2D eigenvalue weighted by Gasteiger charge is 1.46. The lowest BCUT2D eigenvalue weighted by Crippen LogP contribution is -1.47. The van der Waals surface area contributed by atoms with Crippen LogP contribution in [0.5, 0.6) is 0 Å². The summed E-state index contributed by atoms with van der Waals surface area (Å²) in [6.07, 6.45) is 1.84. The third-order valence-corrected chi connectivity index (χ3v) is 0.500. The van der Waals surface area contributed by atoms with E-state index in [4.69, 9.17) is 0 Å². The van der Waals surface area contributed by atoms with E-state index in [1.807, 2.05) is 6.08 Å². The van der Waals surface area contributed by atoms with Crippen molar-refractivity contribution in [2.75, 3.05) is 0 Å². The van der Waals surface area contributed by atoms with E-state index >= 15 is 0 Å². The third kappa shape index (κ3) is 31.6. The van der Waals surface area contributed by atoms with Crippen LogP contribution in [0.2, 0.25) is 5.28 Å². The molecule has 0 aliphatic heterocycles. The molecule has 3 heteroatoms. The lowest BCUT2D eigenvalue weighted by molar-refractivity contribution is 1.11. The summed E-state index contributed by atoms with van der Waals surface area (Å²) in [5.74, 6) is 0. The van der Waals surface area contributed by atoms with Gasteiger partial charge in [0.1, 0.15) is 16.3 Å². The molecule has 2 radical (unpaired) electrons. The molecule has 0 fully saturated rings. The molecule has 6 heavy (non-hydrogen) atoms. The first-order chi connectivity index (χ1) is 1.91. The molecule has 0 nitrogen and oxygen atoms in total. The summed E-state index contributed by atoms with van der Waals surface area (Å²) >= 11 is 2.54. The fourth-order valence-corrected chi connectivity index (χ4v) is 0. The van der Waals surface area contributed by atoms with Crippen molar-refractivity contribution >= 4 is 16.3 Å². The minimum absolute atomic E-state index is 0. The van der Waals surface area contributed by atoms with E-state index in [1.54, 1.807) is 0 Å². The smallest absolute Gasteiger partial charge is 0.124 e. The maximum absolute atomic E-state index is 3.46. The van der Waals surface area contributed by atoms with Crippen LogP contribution in [0.15, 0.2) is 12.7 Å². The summed E-state index contributed by atoms with van der Waals surface area (Å²) in [5, 5.41) is 1.00. The van der Waals surface area contributed by atoms with Crippen LogP contribution >= 0.6 is 0 Å². The lowest BCUT2D eigenvalue weighted by Gasteiger charge is -1.58. The molecule has 0 bridgehead atoms. The van der Waals surface area contributed by atoms with Crippen molar-refractivity contribution in [3.63, 3.8) is 0 Å². The molecule has 36 valence electrons. The van der Waals surface area contributed by atoms with E-state index in [0.717, 1.165) is 5.28 Å². The highest BCUT2D eigenvalue weighted by Crippen LogP contribution is 1.61. The third-order valence-electron chi connectivity index (χ3n) is 0.167. The fourth-order valence-electron chi connectivity index (χ4n) is 0. The Morgan fingerprint density at radius 2 is 1.67 bits per heavy atom. The number of rotatable bonds is 1. The standard InChI is InChI=1S/C3H5.Al.2FH/c1-3-2;;;/h3H,1-2H2;;2*1H. The Kier molecular flexibility index (Phi) is 52.9. The van der Waals surface area contributed by atoms with Gasteiger partial charge in [-0.3, -0.25) is 9.41 Å². The second-order valence-corrected chi connectivity index (χ2v) is 0.996. The zero-order valence-electron chi connectivity index (χ0n) is 3.39. The van der Waals surface area contributed by atoms with Gasteiger partial charge in [-0.05, 0) is 0 Å². The predicted molar refractivity (Wildman–Crippen MR) is 25.8 cm³/mol. The summed E-state index contributed by atoms with van der Waals surface area (Å²) in [7, 11) is 0. The average Bonchev–Trinajstić information content (AvgIpc) is 1.37. The van der Waals surface area contributed by atoms with Gasteiger partial charge in [-0.2, -0.15) is 0 Å². The van der Waals surface area contributed by atoms with E-state index in [2.05, 4.69) is 22.9 Å². The van der Waals surface area contributed by atoms with Crippen molar-refractivity contribution in [3.8, 4) is 0 Å². The molecule has 0 amide bonds. The zero-order chi connectivity index (χ0) is 3.41. The van der Waals surface area contributed by atoms with E-state index in [9.17, 15) is 0 Å². The van der Waals surface area contributed by atoms with Crippen LogP contribution in [0.1, 0.15) is 0 Å². The van der Waals surface area contributed by atoms with Gasteiger partial charge in [0.05, 0.1) is 0 Å². The van der Waals surface area contributed by atoms with Gasteiger partial charge >= 0.3 is 0 Å². The monoisotopic (exact) mass is 108 g/mol. The van der Waals surface area contributed by atoms with Gasteiger partial charge in [0.2, 0.25) is 0 Å². The zero-order valence-corrected chi connectivity index (χ0v) is 4.54. The Balaban J connectivity index is -0.0000000450. The Morgan fingerprint density at radius 3 is 1.67 bits per heavy atom. The van der Waals surface area contributed by atoms with Crippen LogP contribution in [0, 0.1) is 0 Å². The topological polar surface area (TPSA) is 0 Å². The largest absolute Gasteiger partial charge is 0.269 e. The molecule has 0 aromatic carbocycles. The number of halogens is 2. The molecule has 0 aromatic rings. The van der Waals surface area contributed by atoms with E-state index < -0.39 is 0 Å². The number of hydrogen-bond acceptors (Lipinski definition) is 0. The maximum Gasteiger partial charge on any atom is 0.124 e. The van der Waals surface area contributed by atoms with Gasteiger partial charge in [-0.25, -0.2) is 0 Å². The molecule has 0 aliphatic carbocycles. The van der Waals surface area contributed by atoms with Crippen molar-refractivity contribution in [3.05, 3.63) is 12.7 Å². The van der Waals surface area contributed by atoms with Crippen LogP contribution in [-0.2, 0) is 0 Å². The summed E-state index contributed by atoms with van der Waals surface area (Å²) in [5.41, 5.74) is 0. The van der Waals surface area contributed by atoms with Crippen LogP contribution in [0.4, 0.5) is 9.41 Å². The predicted octanol–water partition coefficient (Wildman–Crippen LogP) is 1.06. The minimum Gasteiger partial charge on any atom is -0.269 e. The Morgan fingerprint density at radius 1 is 1.50 bits per heavy atom. The van der Waals surface area contributed by atoms with Gasteiger partial charge in [0, 0.05) is 0 Å². The molecular weight excluding hydrogens is 101 g/mol. The average molecular weight is 108 g/mol. The number of hydrogen-bond donors (Lipinski definition) is 0.